The van der Waals surface area contributed by atoms with E-state index in [1.54, 1.807) is 15.8 Å². The van der Waals surface area contributed by atoms with E-state index in [1.807, 2.05) is 0 Å². The van der Waals surface area contributed by atoms with Crippen LogP contribution in [-0.2, 0) is 9.53 Å². The van der Waals surface area contributed by atoms with Gasteiger partial charge in [0.05, 0.1) is 19.0 Å². The number of aromatic nitrogens is 4. The van der Waals surface area contributed by atoms with Crippen molar-refractivity contribution >= 4 is 22.9 Å². The predicted octanol–water partition coefficient (Wildman–Crippen LogP) is 0.623. The van der Waals surface area contributed by atoms with Gasteiger partial charge in [-0.2, -0.15) is 0 Å². The quantitative estimate of drug-likeness (QED) is 0.540. The molecule has 0 aliphatic carbocycles. The number of aliphatic hydroxyl groups excluding tert-OH is 2. The molecule has 1 saturated heterocycles. The highest BCUT2D eigenvalue weighted by atomic mass is 16.5. The molecule has 1 aliphatic heterocycles. The number of hydrogen-bond donors (Lipinski definition) is 2. The number of fused-ring (bicyclic) bond motifs is 1. The first-order chi connectivity index (χ1) is 13.1. The number of terminal acetylenes is 1. The second kappa shape index (κ2) is 8.43. The van der Waals surface area contributed by atoms with Crippen molar-refractivity contribution in [2.24, 2.45) is 0 Å². The summed E-state index contributed by atoms with van der Waals surface area (Å²) in [6.45, 7) is 1.70. The van der Waals surface area contributed by atoms with Gasteiger partial charge < -0.3 is 14.9 Å². The Bertz CT molecular complexity index is 846. The van der Waals surface area contributed by atoms with E-state index in [0.717, 1.165) is 12.8 Å². The third-order valence-electron chi connectivity index (χ3n) is 4.62. The number of anilines is 1. The van der Waals surface area contributed by atoms with Gasteiger partial charge in [-0.15, -0.1) is 12.3 Å². The second-order valence-corrected chi connectivity index (χ2v) is 6.47. The van der Waals surface area contributed by atoms with Gasteiger partial charge in [0.2, 0.25) is 5.91 Å². The Balaban J connectivity index is 1.88. The summed E-state index contributed by atoms with van der Waals surface area (Å²) in [6, 6.07) is 0. The van der Waals surface area contributed by atoms with Crippen LogP contribution in [0.1, 0.15) is 38.8 Å². The average Bonchev–Trinajstić information content (AvgIpc) is 3.24. The topological polar surface area (TPSA) is 114 Å². The Morgan fingerprint density at radius 1 is 1.44 bits per heavy atom. The summed E-state index contributed by atoms with van der Waals surface area (Å²) >= 11 is 0. The molecular formula is C18H23N5O4. The van der Waals surface area contributed by atoms with Crippen LogP contribution in [0.25, 0.3) is 11.2 Å². The predicted molar refractivity (Wildman–Crippen MR) is 97.7 cm³/mol. The van der Waals surface area contributed by atoms with E-state index in [4.69, 9.17) is 11.2 Å². The van der Waals surface area contributed by atoms with Crippen molar-refractivity contribution in [2.45, 2.75) is 51.0 Å². The van der Waals surface area contributed by atoms with Crippen LogP contribution < -0.4 is 4.90 Å². The van der Waals surface area contributed by atoms with Gasteiger partial charge in [0.1, 0.15) is 18.7 Å². The monoisotopic (exact) mass is 373 g/mol. The number of carbonyl (C=O) groups excluding carboxylic acids is 1. The zero-order valence-corrected chi connectivity index (χ0v) is 15.2. The highest BCUT2D eigenvalue weighted by Crippen LogP contribution is 2.32. The number of imidazole rings is 1. The van der Waals surface area contributed by atoms with Gasteiger partial charge in [-0.1, -0.05) is 0 Å². The van der Waals surface area contributed by atoms with Crippen LogP contribution in [0, 0.1) is 12.3 Å². The van der Waals surface area contributed by atoms with Crippen LogP contribution in [0.3, 0.4) is 0 Å². The molecule has 3 atom stereocenters. The van der Waals surface area contributed by atoms with Crippen LogP contribution >= 0.6 is 0 Å². The van der Waals surface area contributed by atoms with Crippen molar-refractivity contribution in [3.63, 3.8) is 0 Å². The number of ether oxygens (including phenoxy) is 1. The number of hydrogen-bond acceptors (Lipinski definition) is 7. The average molecular weight is 373 g/mol. The molecule has 3 rings (SSSR count). The summed E-state index contributed by atoms with van der Waals surface area (Å²) < 4.78 is 7.37. The maximum Gasteiger partial charge on any atom is 0.225 e. The maximum absolute atomic E-state index is 12.1. The van der Waals surface area contributed by atoms with Crippen molar-refractivity contribution in [2.75, 3.05) is 18.1 Å². The Labute approximate surface area is 157 Å². The van der Waals surface area contributed by atoms with Crippen LogP contribution in [0.2, 0.25) is 0 Å². The molecule has 1 amide bonds. The van der Waals surface area contributed by atoms with Gasteiger partial charge in [-0.3, -0.25) is 14.3 Å². The molecule has 0 aromatic carbocycles. The molecule has 0 bridgehead atoms. The summed E-state index contributed by atoms with van der Waals surface area (Å²) in [5, 5.41) is 19.2. The molecule has 27 heavy (non-hydrogen) atoms. The van der Waals surface area contributed by atoms with Gasteiger partial charge in [-0.05, 0) is 12.8 Å². The molecule has 1 fully saturated rings. The summed E-state index contributed by atoms with van der Waals surface area (Å²) in [4.78, 5) is 26.6. The fourth-order valence-electron chi connectivity index (χ4n) is 3.21. The van der Waals surface area contributed by atoms with Crippen LogP contribution in [-0.4, -0.2) is 61.0 Å². The van der Waals surface area contributed by atoms with E-state index in [9.17, 15) is 15.0 Å². The lowest BCUT2D eigenvalue weighted by molar-refractivity contribution is -0.116. The first kappa shape index (κ1) is 19.2. The van der Waals surface area contributed by atoms with Crippen LogP contribution in [0.15, 0.2) is 12.7 Å². The minimum atomic E-state index is -0.761. The Kier molecular flexibility index (Phi) is 6.01. The summed E-state index contributed by atoms with van der Waals surface area (Å²) in [5.41, 5.74) is 0.987. The number of amides is 1. The SMILES string of the molecule is C#CCCCCN(C(C)=O)c1ncnc2c1ncn2[C@H]1C[C@H](O)[C@@H](CO)O1. The molecule has 0 saturated carbocycles. The van der Waals surface area contributed by atoms with Gasteiger partial charge in [0.15, 0.2) is 17.0 Å². The van der Waals surface area contributed by atoms with Crippen molar-refractivity contribution in [3.8, 4) is 12.3 Å². The van der Waals surface area contributed by atoms with Gasteiger partial charge in [0, 0.05) is 26.3 Å². The van der Waals surface area contributed by atoms with Gasteiger partial charge in [-0.25, -0.2) is 15.0 Å². The molecule has 2 aromatic heterocycles. The number of nitrogens with zero attached hydrogens (tertiary/aromatic N) is 5. The molecule has 3 heterocycles. The lowest BCUT2D eigenvalue weighted by Crippen LogP contribution is -2.30. The summed E-state index contributed by atoms with van der Waals surface area (Å²) in [5.74, 6) is 2.88. The number of rotatable bonds is 7. The molecular weight excluding hydrogens is 350 g/mol. The van der Waals surface area contributed by atoms with E-state index < -0.39 is 18.4 Å². The van der Waals surface area contributed by atoms with E-state index in [2.05, 4.69) is 20.9 Å². The number of aliphatic hydroxyl groups is 2. The Morgan fingerprint density at radius 2 is 2.26 bits per heavy atom. The maximum atomic E-state index is 12.1. The third kappa shape index (κ3) is 3.93. The fraction of sp³-hybridized carbons (Fsp3) is 0.556. The molecule has 9 nitrogen and oxygen atoms in total. The van der Waals surface area contributed by atoms with Crippen molar-refractivity contribution < 1.29 is 19.7 Å². The highest BCUT2D eigenvalue weighted by molar-refractivity contribution is 5.97. The minimum absolute atomic E-state index is 0.141. The van der Waals surface area contributed by atoms with E-state index in [1.165, 1.54) is 13.3 Å². The van der Waals surface area contributed by atoms with Gasteiger partial charge in [0.25, 0.3) is 0 Å². The Morgan fingerprint density at radius 3 is 2.93 bits per heavy atom. The lowest BCUT2D eigenvalue weighted by atomic mass is 10.2. The first-order valence-electron chi connectivity index (χ1n) is 8.90. The highest BCUT2D eigenvalue weighted by Gasteiger charge is 2.35. The van der Waals surface area contributed by atoms with E-state index >= 15 is 0 Å². The molecule has 144 valence electrons. The molecule has 2 aromatic rings. The molecule has 1 aliphatic rings. The van der Waals surface area contributed by atoms with Crippen LogP contribution in [0.4, 0.5) is 5.82 Å². The number of carbonyl (C=O) groups is 1. The van der Waals surface area contributed by atoms with Gasteiger partial charge >= 0.3 is 0 Å². The van der Waals surface area contributed by atoms with Crippen LogP contribution in [0.5, 0.6) is 0 Å². The third-order valence-corrected chi connectivity index (χ3v) is 4.62. The molecule has 0 unspecified atom stereocenters. The molecule has 2 N–H and O–H groups in total. The lowest BCUT2D eigenvalue weighted by Gasteiger charge is -2.20. The summed E-state index contributed by atoms with van der Waals surface area (Å²) in [7, 11) is 0. The zero-order chi connectivity index (χ0) is 19.4. The van der Waals surface area contributed by atoms with E-state index in [0.29, 0.717) is 36.4 Å². The summed E-state index contributed by atoms with van der Waals surface area (Å²) in [6.07, 6.45) is 8.86. The smallest absolute Gasteiger partial charge is 0.225 e. The fourth-order valence-corrected chi connectivity index (χ4v) is 3.21. The number of unbranched alkanes of at least 4 members (excludes halogenated alkanes) is 2. The second-order valence-electron chi connectivity index (χ2n) is 6.47. The molecule has 0 radical (unpaired) electrons. The minimum Gasteiger partial charge on any atom is -0.394 e. The Hall–Kier alpha value is -2.54. The zero-order valence-electron chi connectivity index (χ0n) is 15.2. The van der Waals surface area contributed by atoms with Crippen molar-refractivity contribution in [1.82, 2.24) is 19.5 Å². The first-order valence-corrected chi connectivity index (χ1v) is 8.90. The standard InChI is InChI=1S/C18H23N5O4/c1-3-4-5-6-7-22(12(2)25)17-16-18(20-10-19-17)23(11-21-16)15-8-13(26)14(9-24)27-15/h1,10-11,13-15,24,26H,4-9H2,2H3/t13-,14+,15+/m0/s1. The van der Waals surface area contributed by atoms with E-state index in [-0.39, 0.29) is 12.5 Å². The molecule has 9 heteroatoms. The van der Waals surface area contributed by atoms with Crippen molar-refractivity contribution in [1.29, 1.82) is 0 Å². The van der Waals surface area contributed by atoms with Crippen molar-refractivity contribution in [3.05, 3.63) is 12.7 Å². The molecule has 0 spiro atoms. The largest absolute Gasteiger partial charge is 0.394 e. The normalized spacial score (nSPS) is 22.1.